The van der Waals surface area contributed by atoms with Gasteiger partial charge in [0.25, 0.3) is 0 Å². The van der Waals surface area contributed by atoms with Gasteiger partial charge in [-0.2, -0.15) is 0 Å². The number of hydrogen-bond donors (Lipinski definition) is 8. The normalized spacial score (nSPS) is 49.1. The van der Waals surface area contributed by atoms with E-state index in [0.717, 1.165) is 177 Å². The summed E-state index contributed by atoms with van der Waals surface area (Å²) in [5, 5.41) is 85.4. The number of benzene rings is 2. The Balaban J connectivity index is 0.000000142. The first-order valence-electron chi connectivity index (χ1n) is 50.6. The van der Waals surface area contributed by atoms with E-state index in [0.29, 0.717) is 104 Å². The molecule has 2 aromatic rings. The quantitative estimate of drug-likeness (QED) is 0.0448. The van der Waals surface area contributed by atoms with E-state index in [2.05, 4.69) is 184 Å². The Morgan fingerprint density at radius 1 is 0.369 bits per heavy atom. The van der Waals surface area contributed by atoms with Crippen LogP contribution in [0.15, 0.2) is 134 Å². The lowest BCUT2D eigenvalue weighted by molar-refractivity contribution is -0.253. The molecule has 2 aromatic carbocycles. The van der Waals surface area contributed by atoms with E-state index in [-0.39, 0.29) is 87.7 Å². The summed E-state index contributed by atoms with van der Waals surface area (Å²) in [4.78, 5) is 0. The minimum Gasteiger partial charge on any atom is -0.512 e. The summed E-state index contributed by atoms with van der Waals surface area (Å²) < 4.78 is 6.09. The zero-order valence-corrected chi connectivity index (χ0v) is 79.6. The average molecular weight is 1680 g/mol. The summed E-state index contributed by atoms with van der Waals surface area (Å²) in [5.74, 6) is 10.4. The molecule has 9 nitrogen and oxygen atoms in total. The Hall–Kier alpha value is -3.96. The van der Waals surface area contributed by atoms with Crippen LogP contribution in [0.25, 0.3) is 0 Å². The van der Waals surface area contributed by atoms with Gasteiger partial charge < -0.3 is 45.6 Å². The van der Waals surface area contributed by atoms with Gasteiger partial charge in [0.15, 0.2) is 0 Å². The van der Waals surface area contributed by atoms with Gasteiger partial charge in [0, 0.05) is 27.1 Å². The van der Waals surface area contributed by atoms with Gasteiger partial charge in [-0.15, -0.1) is 0 Å². The predicted octanol–water partition coefficient (Wildman–Crippen LogP) is 26.3. The van der Waals surface area contributed by atoms with Gasteiger partial charge in [0.2, 0.25) is 0 Å². The van der Waals surface area contributed by atoms with Crippen LogP contribution in [0.2, 0.25) is 0 Å². The average Bonchev–Trinajstić information content (AvgIpc) is 1.15. The van der Waals surface area contributed by atoms with E-state index in [1.165, 1.54) is 112 Å². The van der Waals surface area contributed by atoms with Crippen LogP contribution in [0.3, 0.4) is 0 Å². The second-order valence-electron chi connectivity index (χ2n) is 48.9. The van der Waals surface area contributed by atoms with Crippen molar-refractivity contribution < 1.29 is 45.6 Å². The van der Waals surface area contributed by atoms with Crippen LogP contribution in [0.4, 0.5) is 0 Å². The second kappa shape index (κ2) is 33.5. The highest BCUT2D eigenvalue weighted by atomic mass is 16.5. The van der Waals surface area contributed by atoms with E-state index in [4.69, 9.17) is 17.9 Å². The van der Waals surface area contributed by atoms with Crippen molar-refractivity contribution in [2.75, 3.05) is 33.0 Å². The minimum absolute atomic E-state index is 0.00531. The molecule has 0 aromatic heterocycles. The first-order valence-corrected chi connectivity index (χ1v) is 50.6. The van der Waals surface area contributed by atoms with Crippen molar-refractivity contribution in [3.05, 3.63) is 145 Å². The monoisotopic (exact) mass is 1680 g/mol. The summed E-state index contributed by atoms with van der Waals surface area (Å²) in [7, 11) is 0. The summed E-state index contributed by atoms with van der Waals surface area (Å²) in [5.41, 5.74) is 8.11. The number of rotatable bonds is 21. The molecule has 0 bridgehead atoms. The number of aryl methyl sites for hydroxylation is 2. The van der Waals surface area contributed by atoms with E-state index in [9.17, 15) is 40.9 Å². The molecule has 9 heteroatoms. The maximum Gasteiger partial charge on any atom is 0.111 e. The third-order valence-electron chi connectivity index (χ3n) is 46.1. The van der Waals surface area contributed by atoms with Gasteiger partial charge in [-0.1, -0.05) is 215 Å². The molecule has 0 saturated heterocycles. The lowest BCUT2D eigenvalue weighted by Gasteiger charge is -2.73. The molecule has 122 heavy (non-hydrogen) atoms. The smallest absolute Gasteiger partial charge is 0.111 e. The van der Waals surface area contributed by atoms with Crippen LogP contribution in [0.5, 0.6) is 0 Å². The Bertz CT molecular complexity index is 3960. The fourth-order valence-electron chi connectivity index (χ4n) is 38.4. The number of allylic oxidation sites excluding steroid dienone is 5. The zero-order valence-electron chi connectivity index (χ0n) is 79.6. The van der Waals surface area contributed by atoms with Gasteiger partial charge in [0.05, 0.1) is 55.9 Å². The van der Waals surface area contributed by atoms with Crippen molar-refractivity contribution in [3.63, 3.8) is 0 Å². The van der Waals surface area contributed by atoms with Crippen molar-refractivity contribution >= 4 is 0 Å². The number of fused-ring (bicyclic) bond motifs is 21. The SMILES string of the molecule is C=C(CCCc1ccccc1)[C@@H]1CC[C@]2(C(=C)O)CC[C@]3(C)C(CC[C@@H]4[C@@]5(C)CC[C@H](C)[C@@](C)(CC)[C@@H]5CC[C@]43C)[C@@H]12.C=C(CCCc1ccccc1)[C@@H]1CC[C@]2(C(=C)O)CC[C@]3(C)C(CC[C@@H]4[C@@]5(C)CC[C@H](O)[C@@](C)(CO)[C@@H]5CC[C@]43C)[C@@H]12.C=C(CO)[C@@H]1CC[C@]2(C(=C)OCCO)CC[C@]3(C)C(CC[C@@H]4[C@@]5(C)CC[C@H](O)[C@@](C)(CO)[C@@H]5CC[C@]43C)[C@@H]12. The molecule has 0 radical (unpaired) electrons. The summed E-state index contributed by atoms with van der Waals surface area (Å²) in [6, 6.07) is 21.8. The molecule has 17 rings (SSSR count). The van der Waals surface area contributed by atoms with Crippen LogP contribution < -0.4 is 0 Å². The van der Waals surface area contributed by atoms with Crippen LogP contribution in [0, 0.1) is 176 Å². The Labute approximate surface area is 742 Å². The highest BCUT2D eigenvalue weighted by Crippen LogP contribution is 2.83. The Morgan fingerprint density at radius 2 is 0.713 bits per heavy atom. The molecule has 0 amide bonds. The molecule has 3 unspecified atom stereocenters. The third kappa shape index (κ3) is 13.6. The molecule has 0 heterocycles. The number of ether oxygens (including phenoxy) is 1. The molecule has 15 aliphatic rings. The summed E-state index contributed by atoms with van der Waals surface area (Å²) in [6.45, 7) is 63.0. The molecule has 33 atom stereocenters. The molecule has 8 N–H and O–H groups in total. The number of aliphatic hydroxyl groups excluding tert-OH is 8. The van der Waals surface area contributed by atoms with E-state index in [1.54, 1.807) is 0 Å². The van der Waals surface area contributed by atoms with Crippen LogP contribution in [0.1, 0.15) is 333 Å². The highest BCUT2D eigenvalue weighted by molar-refractivity contribution is 5.32. The first-order chi connectivity index (χ1) is 57.6. The highest BCUT2D eigenvalue weighted by Gasteiger charge is 2.77. The minimum atomic E-state index is -0.426. The van der Waals surface area contributed by atoms with Gasteiger partial charge >= 0.3 is 0 Å². The predicted molar refractivity (Wildman–Crippen MR) is 500 cm³/mol. The molecular formula is C113H174O9. The van der Waals surface area contributed by atoms with Crippen molar-refractivity contribution in [1.29, 1.82) is 0 Å². The fourth-order valence-corrected chi connectivity index (χ4v) is 38.4. The number of aliphatic hydroxyl groups is 8. The molecule has 680 valence electrons. The molecule has 0 spiro atoms. The van der Waals surface area contributed by atoms with E-state index in [1.807, 2.05) is 0 Å². The zero-order chi connectivity index (χ0) is 88.0. The molecular weight excluding hydrogens is 1500 g/mol. The third-order valence-corrected chi connectivity index (χ3v) is 46.1. The maximum absolute atomic E-state index is 11.3. The van der Waals surface area contributed by atoms with Crippen molar-refractivity contribution in [2.24, 2.45) is 176 Å². The lowest BCUT2D eigenvalue weighted by Crippen LogP contribution is -2.67. The fraction of sp³-hybridized carbons (Fsp3) is 0.788. The topological polar surface area (TPSA) is 171 Å². The maximum atomic E-state index is 11.3. The van der Waals surface area contributed by atoms with Crippen molar-refractivity contribution in [2.45, 2.75) is 347 Å². The van der Waals surface area contributed by atoms with Crippen LogP contribution >= 0.6 is 0 Å². The standard InChI is InChI=1S/C41H62O.C39H58O3.C33H54O5/c1-9-37(5)29(3)20-23-38(6)34(37)22-24-40(8)35(38)19-18-33-36-32(28(2)14-13-17-31-15-11-10-12-16-31)21-25-41(36,30(4)42)27-26-39(33,40)7;1-26(11-10-14-28-12-8-7-9-13-28)29-17-22-39(27(2)41)24-23-37(5)30(34(29)39)15-16-32-35(3)20-19-33(42)36(4,25-40)31(35)18-21-38(32,37)6;1-21(19-35)23-9-14-33(22(2)38-18-17-34)16-15-31(5)24(28(23)33)7-8-26-29(3)12-11-27(37)30(4,20-36)25(29)10-13-32(26,31)6/h10-12,15-16,29,32-36,42H,2,4,9,13-14,17-27H2,1,3,5-8H3;7-9,12-13,29-34,40-42H,1-2,10-11,14-25H2,3-6H3;23-28,34-37H,1-2,7-20H2,3-6H3/t29-,32-,33?,34-,35+,36+,37+,38-,39+,40+,41+;29-,30?,31+,32+,33-,34+,35-,36-,37+,38+,39+;23-,24?,25+,26+,27-,28+,29-,30-,31+,32+,33+/m000/s1. The number of hydrogen-bond acceptors (Lipinski definition) is 9. The van der Waals surface area contributed by atoms with Gasteiger partial charge in [-0.05, 0) is 397 Å². The molecule has 15 aliphatic carbocycles. The van der Waals surface area contributed by atoms with Gasteiger partial charge in [0.1, 0.15) is 6.61 Å². The lowest BCUT2D eigenvalue weighted by atomic mass is 9.31. The van der Waals surface area contributed by atoms with E-state index >= 15 is 0 Å². The van der Waals surface area contributed by atoms with E-state index < -0.39 is 23.0 Å². The van der Waals surface area contributed by atoms with Gasteiger partial charge in [-0.25, -0.2) is 0 Å². The van der Waals surface area contributed by atoms with Crippen molar-refractivity contribution in [3.8, 4) is 0 Å². The molecule has 15 saturated carbocycles. The van der Waals surface area contributed by atoms with Gasteiger partial charge in [-0.3, -0.25) is 0 Å². The first kappa shape index (κ1) is 92.7. The Kier molecular flexibility index (Phi) is 25.4. The summed E-state index contributed by atoms with van der Waals surface area (Å²) >= 11 is 0. The van der Waals surface area contributed by atoms with Crippen LogP contribution in [-0.4, -0.2) is 86.1 Å². The van der Waals surface area contributed by atoms with Crippen molar-refractivity contribution in [1.82, 2.24) is 0 Å². The van der Waals surface area contributed by atoms with Crippen LogP contribution in [-0.2, 0) is 17.6 Å². The Morgan fingerprint density at radius 3 is 1.07 bits per heavy atom. The second-order valence-corrected chi connectivity index (χ2v) is 48.9. The largest absolute Gasteiger partial charge is 0.512 e. The molecule has 0 aliphatic heterocycles. The summed E-state index contributed by atoms with van der Waals surface area (Å²) in [6.07, 6.45) is 41.8. The molecule has 15 fully saturated rings.